The van der Waals surface area contributed by atoms with Crippen LogP contribution >= 0.6 is 15.9 Å². The molecular weight excluding hydrogens is 721 g/mol. The van der Waals surface area contributed by atoms with Crippen LogP contribution in [0.4, 0.5) is 37.7 Å². The van der Waals surface area contributed by atoms with Crippen molar-refractivity contribution >= 4 is 51.8 Å². The zero-order chi connectivity index (χ0) is 36.5. The van der Waals surface area contributed by atoms with Crippen molar-refractivity contribution in [1.29, 1.82) is 0 Å². The number of nitrogen functional groups attached to an aromatic ring is 2. The lowest BCUT2D eigenvalue weighted by Crippen LogP contribution is -2.33. The molecule has 4 aromatic carbocycles. The molecule has 0 bridgehead atoms. The largest absolute Gasteiger partial charge is 0.497 e. The van der Waals surface area contributed by atoms with Crippen molar-refractivity contribution in [3.63, 3.8) is 0 Å². The lowest BCUT2D eigenvalue weighted by atomic mass is 9.79. The summed E-state index contributed by atoms with van der Waals surface area (Å²) < 4.78 is 99.6. The maximum Gasteiger partial charge on any atom is 0.495 e. The quantitative estimate of drug-likeness (QED) is 0.0712. The minimum absolute atomic E-state index is 0.0666. The van der Waals surface area contributed by atoms with Gasteiger partial charge in [0, 0.05) is 0 Å². The number of nitrogens with two attached hydrogens (primary N) is 2. The zero-order valence-corrected chi connectivity index (χ0v) is 26.9. The van der Waals surface area contributed by atoms with Crippen LogP contribution in [0.2, 0.25) is 0 Å². The second-order valence-corrected chi connectivity index (χ2v) is 9.78. The van der Waals surface area contributed by atoms with Crippen LogP contribution in [-0.4, -0.2) is 57.5 Å². The summed E-state index contributed by atoms with van der Waals surface area (Å²) in [7, 11) is 2.87. The van der Waals surface area contributed by atoms with Crippen molar-refractivity contribution in [2.75, 3.05) is 39.9 Å². The summed E-state index contributed by atoms with van der Waals surface area (Å²) in [6.07, 6.45) is 0. The van der Waals surface area contributed by atoms with Crippen LogP contribution in [0.15, 0.2) is 53.0 Å². The molecule has 0 aliphatic carbocycles. The van der Waals surface area contributed by atoms with E-state index in [1.54, 1.807) is 0 Å². The van der Waals surface area contributed by atoms with E-state index >= 15 is 0 Å². The van der Waals surface area contributed by atoms with Gasteiger partial charge in [-0.1, -0.05) is 12.1 Å². The van der Waals surface area contributed by atoms with E-state index < -0.39 is 86.5 Å². The molecule has 0 heterocycles. The number of carbonyl (C=O) groups is 2. The molecule has 0 aromatic heterocycles. The van der Waals surface area contributed by atoms with Crippen molar-refractivity contribution in [3.05, 3.63) is 99.0 Å². The van der Waals surface area contributed by atoms with Gasteiger partial charge in [-0.2, -0.15) is 0 Å². The molecule has 0 radical (unpaired) electrons. The molecule has 6 N–H and O–H groups in total. The number of ether oxygens (including phenoxy) is 4. The standard InChI is InChI=1S/C15H12F3NO3.C8H6BrF2NO2.C7H8BFO3/c1-21-10-5-3-4-8(16)11(10)12-9(17)6-7(15(20)22-2)14(19)13(12)18;1-14-8(13)3-2-4(10)5(9)6(11)7(3)12;1-12-6-4-2-3-5(9)7(6)8(10)11/h3-6H,19H2,1-2H3;2H,12H2,1H3;2-4,10-11H,1H3. The first-order valence-electron chi connectivity index (χ1n) is 13.0. The monoisotopic (exact) mass is 746 g/mol. The number of rotatable bonds is 6. The number of anilines is 2. The second kappa shape index (κ2) is 17.3. The molecule has 0 atom stereocenters. The number of hydrogen-bond donors (Lipinski definition) is 4. The highest BCUT2D eigenvalue weighted by molar-refractivity contribution is 9.10. The lowest BCUT2D eigenvalue weighted by molar-refractivity contribution is 0.0592. The molecule has 0 unspecified atom stereocenters. The fourth-order valence-electron chi connectivity index (χ4n) is 3.89. The Morgan fingerprint density at radius 1 is 0.667 bits per heavy atom. The van der Waals surface area contributed by atoms with Crippen LogP contribution in [0.5, 0.6) is 11.5 Å². The number of hydrogen-bond acceptors (Lipinski definition) is 10. The first-order valence-corrected chi connectivity index (χ1v) is 13.7. The van der Waals surface area contributed by atoms with Gasteiger partial charge in [0.25, 0.3) is 0 Å². The Hall–Kier alpha value is -4.94. The van der Waals surface area contributed by atoms with Crippen molar-refractivity contribution in [1.82, 2.24) is 0 Å². The minimum atomic E-state index is -1.85. The van der Waals surface area contributed by atoms with Crippen LogP contribution in [0.25, 0.3) is 11.1 Å². The van der Waals surface area contributed by atoms with E-state index in [1.165, 1.54) is 38.5 Å². The van der Waals surface area contributed by atoms with Crippen molar-refractivity contribution in [2.45, 2.75) is 0 Å². The van der Waals surface area contributed by atoms with Gasteiger partial charge in [-0.05, 0) is 52.3 Å². The molecule has 18 heteroatoms. The Balaban J connectivity index is 0.000000266. The third-order valence-corrected chi connectivity index (χ3v) is 6.93. The van der Waals surface area contributed by atoms with Gasteiger partial charge in [-0.3, -0.25) is 0 Å². The Morgan fingerprint density at radius 3 is 1.58 bits per heavy atom. The van der Waals surface area contributed by atoms with Crippen LogP contribution in [0, 0.1) is 34.9 Å². The van der Waals surface area contributed by atoms with Crippen LogP contribution in [-0.2, 0) is 9.47 Å². The zero-order valence-electron chi connectivity index (χ0n) is 25.3. The van der Waals surface area contributed by atoms with Gasteiger partial charge in [-0.25, -0.2) is 35.9 Å². The van der Waals surface area contributed by atoms with Crippen LogP contribution in [0.3, 0.4) is 0 Å². The topological polar surface area (TPSA) is 164 Å². The number of carbonyl (C=O) groups excluding carboxylic acids is 2. The molecule has 10 nitrogen and oxygen atoms in total. The van der Waals surface area contributed by atoms with E-state index in [2.05, 4.69) is 25.4 Å². The fraction of sp³-hybridized carbons (Fsp3) is 0.133. The normalized spacial score (nSPS) is 10.1. The van der Waals surface area contributed by atoms with Crippen LogP contribution in [0.1, 0.15) is 20.7 Å². The fourth-order valence-corrected chi connectivity index (χ4v) is 4.22. The maximum absolute atomic E-state index is 14.4. The summed E-state index contributed by atoms with van der Waals surface area (Å²) in [5, 5.41) is 17.5. The number of esters is 2. The molecule has 0 amide bonds. The molecule has 48 heavy (non-hydrogen) atoms. The molecule has 0 aliphatic heterocycles. The Morgan fingerprint density at radius 2 is 1.12 bits per heavy atom. The van der Waals surface area contributed by atoms with E-state index in [1.807, 2.05) is 0 Å². The third kappa shape index (κ3) is 8.70. The molecule has 0 aliphatic rings. The van der Waals surface area contributed by atoms with Crippen molar-refractivity contribution < 1.29 is 64.9 Å². The van der Waals surface area contributed by atoms with E-state index in [-0.39, 0.29) is 22.5 Å². The summed E-state index contributed by atoms with van der Waals surface area (Å²) in [5.74, 6) is -7.73. The summed E-state index contributed by atoms with van der Waals surface area (Å²) >= 11 is 2.65. The van der Waals surface area contributed by atoms with Gasteiger partial charge in [0.2, 0.25) is 0 Å². The smallest absolute Gasteiger partial charge is 0.495 e. The molecule has 256 valence electrons. The summed E-state index contributed by atoms with van der Waals surface area (Å²) in [6, 6.07) is 9.25. The maximum atomic E-state index is 14.4. The van der Waals surface area contributed by atoms with Crippen molar-refractivity contribution in [2.24, 2.45) is 0 Å². The lowest BCUT2D eigenvalue weighted by Gasteiger charge is -2.14. The van der Waals surface area contributed by atoms with Gasteiger partial charge in [0.05, 0.1) is 72.0 Å². The SMILES string of the molecule is COC(=O)c1cc(F)c(-c2c(F)cccc2OC)c(F)c1N.COC(=O)c1cc(F)c(Br)c(F)c1N.COc1cccc(F)c1B(O)O. The average Bonchev–Trinajstić information content (AvgIpc) is 3.07. The van der Waals surface area contributed by atoms with Gasteiger partial charge >= 0.3 is 19.1 Å². The predicted molar refractivity (Wildman–Crippen MR) is 167 cm³/mol. The Bertz CT molecular complexity index is 1820. The molecule has 4 aromatic rings. The van der Waals surface area contributed by atoms with E-state index in [0.717, 1.165) is 32.4 Å². The number of halogens is 7. The van der Waals surface area contributed by atoms with Gasteiger partial charge in [0.1, 0.15) is 34.8 Å². The van der Waals surface area contributed by atoms with E-state index in [4.69, 9.17) is 31.0 Å². The molecule has 0 spiro atoms. The summed E-state index contributed by atoms with van der Waals surface area (Å²) in [6.45, 7) is 0. The molecule has 0 saturated carbocycles. The number of methoxy groups -OCH3 is 4. The first-order chi connectivity index (χ1) is 22.6. The summed E-state index contributed by atoms with van der Waals surface area (Å²) in [5.41, 5.74) is 7.53. The van der Waals surface area contributed by atoms with E-state index in [0.29, 0.717) is 6.07 Å². The summed E-state index contributed by atoms with van der Waals surface area (Å²) in [4.78, 5) is 22.4. The molecule has 0 fully saturated rings. The van der Waals surface area contributed by atoms with Crippen molar-refractivity contribution in [3.8, 4) is 22.6 Å². The number of benzene rings is 4. The Kier molecular flexibility index (Phi) is 14.1. The average molecular weight is 747 g/mol. The second-order valence-electron chi connectivity index (χ2n) is 8.99. The van der Waals surface area contributed by atoms with Crippen LogP contribution < -0.4 is 26.4 Å². The van der Waals surface area contributed by atoms with Gasteiger partial charge in [0.15, 0.2) is 11.6 Å². The predicted octanol–water partition coefficient (Wildman–Crippen LogP) is 4.76. The van der Waals surface area contributed by atoms with Gasteiger partial charge in [-0.15, -0.1) is 0 Å². The van der Waals surface area contributed by atoms with E-state index in [9.17, 15) is 35.9 Å². The Labute approximate surface area is 278 Å². The minimum Gasteiger partial charge on any atom is -0.497 e. The third-order valence-electron chi connectivity index (χ3n) is 6.20. The highest BCUT2D eigenvalue weighted by Gasteiger charge is 2.26. The highest BCUT2D eigenvalue weighted by Crippen LogP contribution is 2.39. The molecule has 0 saturated heterocycles. The highest BCUT2D eigenvalue weighted by atomic mass is 79.9. The first kappa shape index (κ1) is 39.2. The molecule has 4 rings (SSSR count). The molecular formula is C30H26BBrF6N2O8. The van der Waals surface area contributed by atoms with Gasteiger partial charge < -0.3 is 40.5 Å².